The molecular weight excluding hydrogens is 264 g/mol. The van der Waals surface area contributed by atoms with Gasteiger partial charge in [0.25, 0.3) is 0 Å². The van der Waals surface area contributed by atoms with Gasteiger partial charge in [0, 0.05) is 0 Å². The number of carboxylic acid groups (broad SMARTS) is 1. The predicted molar refractivity (Wildman–Crippen MR) is 69.0 cm³/mol. The molecule has 104 valence electrons. The van der Waals surface area contributed by atoms with E-state index in [1.807, 2.05) is 0 Å². The highest BCUT2D eigenvalue weighted by atomic mass is 16.6. The quantitative estimate of drug-likeness (QED) is 0.618. The predicted octanol–water partition coefficient (Wildman–Crippen LogP) is 2.10. The molecule has 1 aromatic heterocycles. The van der Waals surface area contributed by atoms with Gasteiger partial charge in [0.2, 0.25) is 0 Å². The Balaban J connectivity index is 2.06. The van der Waals surface area contributed by atoms with E-state index in [2.05, 4.69) is 5.32 Å². The van der Waals surface area contributed by atoms with Gasteiger partial charge in [0.15, 0.2) is 0 Å². The Morgan fingerprint density at radius 2 is 2.00 bits per heavy atom. The van der Waals surface area contributed by atoms with Crippen molar-refractivity contribution in [2.45, 2.75) is 12.6 Å². The van der Waals surface area contributed by atoms with Gasteiger partial charge >= 0.3 is 11.9 Å². The first-order valence-corrected chi connectivity index (χ1v) is 5.82. The molecule has 0 aliphatic carbocycles. The van der Waals surface area contributed by atoms with Crippen LogP contribution in [0.4, 0.5) is 5.88 Å². The second-order valence-electron chi connectivity index (χ2n) is 4.06. The zero-order valence-corrected chi connectivity index (χ0v) is 10.4. The number of carbonyl (C=O) groups is 1. The highest BCUT2D eigenvalue weighted by Gasteiger charge is 2.20. The Morgan fingerprint density at radius 3 is 2.55 bits per heavy atom. The Morgan fingerprint density at radius 1 is 1.30 bits per heavy atom. The van der Waals surface area contributed by atoms with Crippen LogP contribution in [0.1, 0.15) is 17.4 Å². The van der Waals surface area contributed by atoms with Crippen molar-refractivity contribution >= 4 is 11.9 Å². The summed E-state index contributed by atoms with van der Waals surface area (Å²) in [7, 11) is 0. The minimum absolute atomic E-state index is 0.0830. The number of rotatable bonds is 6. The van der Waals surface area contributed by atoms with E-state index in [0.717, 1.165) is 0 Å². The fraction of sp³-hybridized carbons (Fsp3) is 0.154. The summed E-state index contributed by atoms with van der Waals surface area (Å²) in [5.41, 5.74) is 0.598. The minimum Gasteiger partial charge on any atom is -0.480 e. The molecule has 1 heterocycles. The number of hydrogen-bond donors (Lipinski definition) is 2. The molecule has 0 saturated heterocycles. The number of nitrogens with zero attached hydrogens (tertiary/aromatic N) is 1. The van der Waals surface area contributed by atoms with Gasteiger partial charge in [0.05, 0.1) is 12.6 Å². The molecule has 7 heteroatoms. The lowest BCUT2D eigenvalue weighted by molar-refractivity contribution is -0.402. The van der Waals surface area contributed by atoms with Crippen LogP contribution in [0, 0.1) is 10.1 Å². The van der Waals surface area contributed by atoms with E-state index in [4.69, 9.17) is 4.42 Å². The first-order chi connectivity index (χ1) is 9.58. The molecule has 20 heavy (non-hydrogen) atoms. The molecule has 0 radical (unpaired) electrons. The van der Waals surface area contributed by atoms with E-state index in [-0.39, 0.29) is 12.4 Å². The molecule has 1 atom stereocenters. The smallest absolute Gasteiger partial charge is 0.433 e. The summed E-state index contributed by atoms with van der Waals surface area (Å²) in [4.78, 5) is 21.1. The van der Waals surface area contributed by atoms with Crippen molar-refractivity contribution in [2.75, 3.05) is 0 Å². The highest BCUT2D eigenvalue weighted by molar-refractivity contribution is 5.75. The molecule has 2 rings (SSSR count). The molecule has 2 N–H and O–H groups in total. The lowest BCUT2D eigenvalue weighted by atomic mass is 10.1. The highest BCUT2D eigenvalue weighted by Crippen LogP contribution is 2.18. The van der Waals surface area contributed by atoms with Crippen LogP contribution in [-0.2, 0) is 11.3 Å². The monoisotopic (exact) mass is 276 g/mol. The third kappa shape index (κ3) is 3.21. The van der Waals surface area contributed by atoms with E-state index in [9.17, 15) is 20.0 Å². The average molecular weight is 276 g/mol. The maximum absolute atomic E-state index is 11.2. The van der Waals surface area contributed by atoms with Crippen LogP contribution in [0.2, 0.25) is 0 Å². The maximum atomic E-state index is 11.2. The minimum atomic E-state index is -1.03. The lowest BCUT2D eigenvalue weighted by Gasteiger charge is -2.13. The third-order valence-electron chi connectivity index (χ3n) is 2.69. The van der Waals surface area contributed by atoms with E-state index >= 15 is 0 Å². The van der Waals surface area contributed by atoms with Crippen molar-refractivity contribution < 1.29 is 19.2 Å². The molecule has 1 unspecified atom stereocenters. The number of nitro groups is 1. The van der Waals surface area contributed by atoms with Crippen molar-refractivity contribution in [3.05, 3.63) is 63.9 Å². The van der Waals surface area contributed by atoms with E-state index in [1.54, 1.807) is 30.3 Å². The summed E-state index contributed by atoms with van der Waals surface area (Å²) in [5.74, 6) is -1.09. The van der Waals surface area contributed by atoms with Gasteiger partial charge in [-0.2, -0.15) is 0 Å². The Labute approximate surface area is 114 Å². The van der Waals surface area contributed by atoms with Crippen LogP contribution >= 0.6 is 0 Å². The van der Waals surface area contributed by atoms with Gasteiger partial charge in [-0.25, -0.2) is 0 Å². The second kappa shape index (κ2) is 5.98. The van der Waals surface area contributed by atoms with Crippen LogP contribution in [0.5, 0.6) is 0 Å². The summed E-state index contributed by atoms with van der Waals surface area (Å²) in [6, 6.07) is 10.4. The molecule has 0 fully saturated rings. The van der Waals surface area contributed by atoms with Gasteiger partial charge in [0.1, 0.15) is 16.7 Å². The second-order valence-corrected chi connectivity index (χ2v) is 4.06. The Bertz CT molecular complexity index is 608. The fourth-order valence-electron chi connectivity index (χ4n) is 1.76. The molecule has 2 aromatic rings. The Kier molecular flexibility index (Phi) is 4.11. The molecule has 0 spiro atoms. The molecule has 0 aliphatic heterocycles. The topological polar surface area (TPSA) is 106 Å². The molecule has 7 nitrogen and oxygen atoms in total. The molecule has 1 aromatic carbocycles. The average Bonchev–Trinajstić information content (AvgIpc) is 2.89. The van der Waals surface area contributed by atoms with E-state index in [0.29, 0.717) is 11.3 Å². The number of hydrogen-bond acceptors (Lipinski definition) is 5. The summed E-state index contributed by atoms with van der Waals surface area (Å²) in [6.45, 7) is 0.0830. The molecular formula is C13H12N2O5. The molecule has 0 saturated carbocycles. The molecule has 0 amide bonds. The molecule has 0 aliphatic rings. The number of benzene rings is 1. The Hall–Kier alpha value is -2.67. The van der Waals surface area contributed by atoms with Crippen LogP contribution < -0.4 is 5.32 Å². The zero-order valence-electron chi connectivity index (χ0n) is 10.4. The SMILES string of the molecule is O=C(O)C(NCc1ccc([N+](=O)[O-])o1)c1ccccc1. The van der Waals surface area contributed by atoms with Gasteiger partial charge in [-0.1, -0.05) is 30.3 Å². The maximum Gasteiger partial charge on any atom is 0.433 e. The van der Waals surface area contributed by atoms with Crippen molar-refractivity contribution in [1.82, 2.24) is 5.32 Å². The van der Waals surface area contributed by atoms with Crippen molar-refractivity contribution in [1.29, 1.82) is 0 Å². The van der Waals surface area contributed by atoms with Gasteiger partial charge in [-0.3, -0.25) is 20.2 Å². The van der Waals surface area contributed by atoms with Crippen molar-refractivity contribution in [3.8, 4) is 0 Å². The van der Waals surface area contributed by atoms with Crippen LogP contribution in [-0.4, -0.2) is 16.0 Å². The van der Waals surface area contributed by atoms with Crippen molar-refractivity contribution in [2.24, 2.45) is 0 Å². The summed E-state index contributed by atoms with van der Waals surface area (Å²) >= 11 is 0. The summed E-state index contributed by atoms with van der Waals surface area (Å²) in [6.07, 6.45) is 0. The normalized spacial score (nSPS) is 12.0. The largest absolute Gasteiger partial charge is 0.480 e. The summed E-state index contributed by atoms with van der Waals surface area (Å²) < 4.78 is 4.96. The number of aliphatic carboxylic acids is 1. The fourth-order valence-corrected chi connectivity index (χ4v) is 1.76. The molecule has 0 bridgehead atoms. The van der Waals surface area contributed by atoms with Gasteiger partial charge in [-0.05, 0) is 11.6 Å². The number of furan rings is 1. The standard InChI is InChI=1S/C13H12N2O5/c16-13(17)12(9-4-2-1-3-5-9)14-8-10-6-7-11(20-10)15(18)19/h1-7,12,14H,8H2,(H,16,17). The lowest BCUT2D eigenvalue weighted by Crippen LogP contribution is -2.27. The number of carboxylic acids is 1. The van der Waals surface area contributed by atoms with E-state index < -0.39 is 16.9 Å². The third-order valence-corrected chi connectivity index (χ3v) is 2.69. The van der Waals surface area contributed by atoms with Gasteiger partial charge in [-0.15, -0.1) is 0 Å². The van der Waals surface area contributed by atoms with Crippen LogP contribution in [0.15, 0.2) is 46.9 Å². The van der Waals surface area contributed by atoms with Crippen LogP contribution in [0.25, 0.3) is 0 Å². The van der Waals surface area contributed by atoms with Crippen molar-refractivity contribution in [3.63, 3.8) is 0 Å². The zero-order chi connectivity index (χ0) is 14.5. The summed E-state index contributed by atoms with van der Waals surface area (Å²) in [5, 5.41) is 22.5. The first-order valence-electron chi connectivity index (χ1n) is 5.82. The van der Waals surface area contributed by atoms with Gasteiger partial charge < -0.3 is 9.52 Å². The van der Waals surface area contributed by atoms with Crippen LogP contribution in [0.3, 0.4) is 0 Å². The van der Waals surface area contributed by atoms with E-state index in [1.165, 1.54) is 12.1 Å². The number of nitrogens with one attached hydrogen (secondary N) is 1. The first kappa shape index (κ1) is 13.8.